The molecule has 0 heterocycles. The molecule has 2 atom stereocenters. The number of rotatable bonds is 1. The third-order valence-electron chi connectivity index (χ3n) is 4.48. The number of hydrogen-bond donors (Lipinski definition) is 1. The highest BCUT2D eigenvalue weighted by Crippen LogP contribution is 2.64. The van der Waals surface area contributed by atoms with E-state index in [4.69, 9.17) is 5.21 Å². The first-order chi connectivity index (χ1) is 6.08. The van der Waals surface area contributed by atoms with E-state index in [1.807, 2.05) is 6.08 Å². The SMILES string of the molecule is C=C[C@]12CC[C@H](CC1=NO)C2(C)C. The number of hydrogen-bond acceptors (Lipinski definition) is 2. The molecule has 1 N–H and O–H groups in total. The van der Waals surface area contributed by atoms with Crippen molar-refractivity contribution in [3.63, 3.8) is 0 Å². The van der Waals surface area contributed by atoms with Gasteiger partial charge in [0.2, 0.25) is 0 Å². The average Bonchev–Trinajstić information content (AvgIpc) is 2.50. The van der Waals surface area contributed by atoms with Crippen molar-refractivity contribution in [3.05, 3.63) is 12.7 Å². The predicted octanol–water partition coefficient (Wildman–Crippen LogP) is 2.83. The van der Waals surface area contributed by atoms with E-state index in [0.717, 1.165) is 18.6 Å². The largest absolute Gasteiger partial charge is 0.411 e. The molecular formula is C11H17NO. The highest BCUT2D eigenvalue weighted by atomic mass is 16.4. The fourth-order valence-electron chi connectivity index (χ4n) is 3.35. The molecule has 2 nitrogen and oxygen atoms in total. The van der Waals surface area contributed by atoms with Crippen molar-refractivity contribution >= 4 is 5.71 Å². The van der Waals surface area contributed by atoms with Gasteiger partial charge in [0.05, 0.1) is 5.71 Å². The summed E-state index contributed by atoms with van der Waals surface area (Å²) >= 11 is 0. The van der Waals surface area contributed by atoms with Crippen molar-refractivity contribution in [2.75, 3.05) is 0 Å². The summed E-state index contributed by atoms with van der Waals surface area (Å²) in [5, 5.41) is 12.4. The van der Waals surface area contributed by atoms with Crippen LogP contribution in [0.5, 0.6) is 0 Å². The summed E-state index contributed by atoms with van der Waals surface area (Å²) in [5.74, 6) is 0.677. The molecule has 0 spiro atoms. The molecule has 2 bridgehead atoms. The standard InChI is InChI=1S/C11H17NO/c1-4-11-6-5-8(10(11,2)3)7-9(11)12-13/h4,8,13H,1,5-7H2,2-3H3/t8-,11+/m1/s1. The van der Waals surface area contributed by atoms with Crippen LogP contribution >= 0.6 is 0 Å². The van der Waals surface area contributed by atoms with E-state index < -0.39 is 0 Å². The molecule has 2 saturated carbocycles. The molecule has 2 aliphatic rings. The van der Waals surface area contributed by atoms with Crippen molar-refractivity contribution in [3.8, 4) is 0 Å². The van der Waals surface area contributed by atoms with Crippen LogP contribution in [0.2, 0.25) is 0 Å². The van der Waals surface area contributed by atoms with Crippen molar-refractivity contribution < 1.29 is 5.21 Å². The van der Waals surface area contributed by atoms with Gasteiger partial charge in [-0.2, -0.15) is 0 Å². The lowest BCUT2D eigenvalue weighted by molar-refractivity contribution is 0.216. The Morgan fingerprint density at radius 3 is 2.69 bits per heavy atom. The molecule has 0 saturated heterocycles. The number of fused-ring (bicyclic) bond motifs is 2. The predicted molar refractivity (Wildman–Crippen MR) is 53.0 cm³/mol. The summed E-state index contributed by atoms with van der Waals surface area (Å²) in [6.07, 6.45) is 5.30. The van der Waals surface area contributed by atoms with Gasteiger partial charge in [-0.05, 0) is 30.6 Å². The zero-order chi connectivity index (χ0) is 9.69. The summed E-state index contributed by atoms with van der Waals surface area (Å²) < 4.78 is 0. The van der Waals surface area contributed by atoms with E-state index in [-0.39, 0.29) is 10.8 Å². The second kappa shape index (κ2) is 2.37. The first kappa shape index (κ1) is 8.79. The lowest BCUT2D eigenvalue weighted by atomic mass is 9.69. The fraction of sp³-hybridized carbons (Fsp3) is 0.727. The number of allylic oxidation sites excluding steroid dienone is 1. The van der Waals surface area contributed by atoms with Gasteiger partial charge in [0.1, 0.15) is 0 Å². The Bertz CT molecular complexity index is 280. The Kier molecular flexibility index (Phi) is 1.60. The second-order valence-electron chi connectivity index (χ2n) is 4.88. The van der Waals surface area contributed by atoms with Crippen molar-refractivity contribution in [2.45, 2.75) is 33.1 Å². The van der Waals surface area contributed by atoms with Gasteiger partial charge in [-0.3, -0.25) is 0 Å². The van der Waals surface area contributed by atoms with E-state index in [0.29, 0.717) is 5.92 Å². The molecule has 2 rings (SSSR count). The first-order valence-corrected chi connectivity index (χ1v) is 4.93. The smallest absolute Gasteiger partial charge is 0.0678 e. The maximum absolute atomic E-state index is 8.96. The Labute approximate surface area is 79.3 Å². The van der Waals surface area contributed by atoms with Crippen LogP contribution in [0, 0.1) is 16.7 Å². The normalized spacial score (nSPS) is 44.2. The minimum Gasteiger partial charge on any atom is -0.411 e. The molecule has 0 unspecified atom stereocenters. The second-order valence-corrected chi connectivity index (χ2v) is 4.88. The summed E-state index contributed by atoms with van der Waals surface area (Å²) in [4.78, 5) is 0. The quantitative estimate of drug-likeness (QED) is 0.375. The molecule has 0 amide bonds. The Morgan fingerprint density at radius 1 is 1.62 bits per heavy atom. The zero-order valence-corrected chi connectivity index (χ0v) is 8.38. The average molecular weight is 179 g/mol. The number of nitrogens with zero attached hydrogens (tertiary/aromatic N) is 1. The molecule has 0 aromatic rings. The van der Waals surface area contributed by atoms with Gasteiger partial charge in [0, 0.05) is 5.41 Å². The van der Waals surface area contributed by atoms with Crippen LogP contribution in [0.25, 0.3) is 0 Å². The third-order valence-corrected chi connectivity index (χ3v) is 4.48. The van der Waals surface area contributed by atoms with Crippen molar-refractivity contribution in [2.24, 2.45) is 21.9 Å². The highest BCUT2D eigenvalue weighted by molar-refractivity contribution is 5.95. The molecule has 0 aliphatic heterocycles. The lowest BCUT2D eigenvalue weighted by Gasteiger charge is -2.34. The van der Waals surface area contributed by atoms with Crippen LogP contribution < -0.4 is 0 Å². The lowest BCUT2D eigenvalue weighted by Crippen LogP contribution is -2.33. The minimum atomic E-state index is -0.0214. The summed E-state index contributed by atoms with van der Waals surface area (Å²) in [6.45, 7) is 8.45. The van der Waals surface area contributed by atoms with Crippen LogP contribution in [-0.2, 0) is 0 Å². The molecule has 0 aromatic heterocycles. The van der Waals surface area contributed by atoms with E-state index in [1.54, 1.807) is 0 Å². The van der Waals surface area contributed by atoms with Crippen LogP contribution in [0.1, 0.15) is 33.1 Å². The van der Waals surface area contributed by atoms with Gasteiger partial charge in [-0.25, -0.2) is 0 Å². The van der Waals surface area contributed by atoms with Gasteiger partial charge in [0.25, 0.3) is 0 Å². The van der Waals surface area contributed by atoms with E-state index in [1.165, 1.54) is 6.42 Å². The van der Waals surface area contributed by atoms with Crippen molar-refractivity contribution in [1.29, 1.82) is 0 Å². The molecule has 2 aliphatic carbocycles. The highest BCUT2D eigenvalue weighted by Gasteiger charge is 2.61. The van der Waals surface area contributed by atoms with E-state index in [9.17, 15) is 0 Å². The van der Waals surface area contributed by atoms with E-state index >= 15 is 0 Å². The van der Waals surface area contributed by atoms with Gasteiger partial charge in [-0.15, -0.1) is 6.58 Å². The Balaban J connectivity index is 2.53. The Morgan fingerprint density at radius 2 is 2.31 bits per heavy atom. The molecule has 72 valence electrons. The summed E-state index contributed by atoms with van der Waals surface area (Å²) in [5.41, 5.74) is 1.16. The van der Waals surface area contributed by atoms with Crippen LogP contribution in [0.4, 0.5) is 0 Å². The summed E-state index contributed by atoms with van der Waals surface area (Å²) in [7, 11) is 0. The maximum atomic E-state index is 8.96. The van der Waals surface area contributed by atoms with Crippen LogP contribution in [-0.4, -0.2) is 10.9 Å². The molecule has 2 heteroatoms. The van der Waals surface area contributed by atoms with E-state index in [2.05, 4.69) is 25.6 Å². The monoisotopic (exact) mass is 179 g/mol. The summed E-state index contributed by atoms with van der Waals surface area (Å²) in [6, 6.07) is 0. The molecule has 13 heavy (non-hydrogen) atoms. The van der Waals surface area contributed by atoms with Gasteiger partial charge >= 0.3 is 0 Å². The van der Waals surface area contributed by atoms with Crippen LogP contribution in [0.15, 0.2) is 17.8 Å². The first-order valence-electron chi connectivity index (χ1n) is 4.93. The topological polar surface area (TPSA) is 32.6 Å². The molecule has 0 aromatic carbocycles. The molecule has 2 fully saturated rings. The van der Waals surface area contributed by atoms with Crippen LogP contribution in [0.3, 0.4) is 0 Å². The molecular weight excluding hydrogens is 162 g/mol. The zero-order valence-electron chi connectivity index (χ0n) is 8.38. The Hall–Kier alpha value is -0.790. The number of oxime groups is 1. The van der Waals surface area contributed by atoms with Crippen molar-refractivity contribution in [1.82, 2.24) is 0 Å². The van der Waals surface area contributed by atoms with Gasteiger partial charge in [-0.1, -0.05) is 25.1 Å². The maximum Gasteiger partial charge on any atom is 0.0678 e. The van der Waals surface area contributed by atoms with Gasteiger partial charge in [0.15, 0.2) is 0 Å². The minimum absolute atomic E-state index is 0.0214. The van der Waals surface area contributed by atoms with Gasteiger partial charge < -0.3 is 5.21 Å². The molecule has 0 radical (unpaired) electrons. The third kappa shape index (κ3) is 0.767. The fourth-order valence-corrected chi connectivity index (χ4v) is 3.35.